The first-order valence-electron chi connectivity index (χ1n) is 8.00. The van der Waals surface area contributed by atoms with E-state index in [1.807, 2.05) is 72.9 Å². The molecule has 0 spiro atoms. The van der Waals surface area contributed by atoms with Crippen LogP contribution in [0.3, 0.4) is 0 Å². The molecule has 133 valence electrons. The zero-order valence-corrected chi connectivity index (χ0v) is 15.0. The average Bonchev–Trinajstić information content (AvgIpc) is 3.42. The Bertz CT molecular complexity index is 893. The second kappa shape index (κ2) is 7.88. The standard InChI is InChI=1S/C20H12N4.CHN.Cu/c1-2-14-10-16-5-6-18(23-16)12-20-8-7-19(24-20)11-17-4-3-15(22-17)9-13(1)21-14;1-2;/h1-12H;1H;. The molecule has 0 fully saturated rings. The van der Waals surface area contributed by atoms with E-state index in [9.17, 15) is 0 Å². The number of allylic oxidation sites excluding steroid dienone is 12. The molecule has 0 saturated carbocycles. The Kier molecular flexibility index (Phi) is 5.37. The van der Waals surface area contributed by atoms with E-state index >= 15 is 0 Å². The molecule has 5 heterocycles. The van der Waals surface area contributed by atoms with Crippen LogP contribution < -0.4 is 0 Å². The van der Waals surface area contributed by atoms with Gasteiger partial charge in [-0.15, -0.1) is 0 Å². The molecule has 5 aliphatic rings. The Morgan fingerprint density at radius 1 is 0.444 bits per heavy atom. The van der Waals surface area contributed by atoms with Gasteiger partial charge < -0.3 is 0 Å². The Morgan fingerprint density at radius 3 is 0.889 bits per heavy atom. The van der Waals surface area contributed by atoms with Crippen molar-refractivity contribution in [1.82, 2.24) is 0 Å². The SMILES string of the molecule is C#N.C1=CC2=NC1=CC1=NC(=CC3=NC(=CC4=NC(=C2)C=C4)C=C3)C=C1.[Cu]. The molecule has 0 aromatic heterocycles. The molecule has 5 aliphatic heterocycles. The first-order chi connectivity index (χ1) is 12.8. The number of fused-ring (bicyclic) bond motifs is 4. The zero-order chi connectivity index (χ0) is 17.9. The second-order valence-corrected chi connectivity index (χ2v) is 5.76. The molecule has 0 unspecified atom stereocenters. The van der Waals surface area contributed by atoms with Gasteiger partial charge in [-0.25, -0.2) is 25.2 Å². The Hall–Kier alpha value is -3.39. The van der Waals surface area contributed by atoms with Gasteiger partial charge in [0, 0.05) is 23.6 Å². The summed E-state index contributed by atoms with van der Waals surface area (Å²) in [4.78, 5) is 18.4. The van der Waals surface area contributed by atoms with E-state index in [1.165, 1.54) is 0 Å². The van der Waals surface area contributed by atoms with E-state index < -0.39 is 0 Å². The van der Waals surface area contributed by atoms with Crippen LogP contribution in [0.5, 0.6) is 0 Å². The summed E-state index contributed by atoms with van der Waals surface area (Å²) in [6, 6.07) is 0. The van der Waals surface area contributed by atoms with E-state index in [0.717, 1.165) is 45.6 Å². The number of nitriles is 1. The van der Waals surface area contributed by atoms with Crippen LogP contribution in [-0.4, -0.2) is 22.8 Å². The predicted octanol–water partition coefficient (Wildman–Crippen LogP) is 3.72. The zero-order valence-electron chi connectivity index (χ0n) is 14.0. The molecule has 0 N–H and O–H groups in total. The second-order valence-electron chi connectivity index (χ2n) is 5.76. The number of rotatable bonds is 0. The van der Waals surface area contributed by atoms with Crippen molar-refractivity contribution in [3.8, 4) is 6.57 Å². The fourth-order valence-electron chi connectivity index (χ4n) is 2.83. The molecule has 5 nitrogen and oxygen atoms in total. The van der Waals surface area contributed by atoms with Gasteiger partial charge in [0.1, 0.15) is 0 Å². The minimum Gasteiger partial charge on any atom is -0.249 e. The Morgan fingerprint density at radius 2 is 0.667 bits per heavy atom. The van der Waals surface area contributed by atoms with Crippen LogP contribution in [0.1, 0.15) is 0 Å². The minimum atomic E-state index is 0. The maximum atomic E-state index is 6.50. The van der Waals surface area contributed by atoms with E-state index in [2.05, 4.69) is 26.5 Å². The summed E-state index contributed by atoms with van der Waals surface area (Å²) < 4.78 is 0. The quantitative estimate of drug-likeness (QED) is 0.573. The van der Waals surface area contributed by atoms with Gasteiger partial charge in [0.05, 0.1) is 45.6 Å². The molecule has 6 heteroatoms. The summed E-state index contributed by atoms with van der Waals surface area (Å²) in [7, 11) is 0. The van der Waals surface area contributed by atoms with Crippen molar-refractivity contribution < 1.29 is 17.1 Å². The molecule has 0 aliphatic carbocycles. The van der Waals surface area contributed by atoms with Crippen LogP contribution in [0.25, 0.3) is 0 Å². The molecule has 0 aromatic carbocycles. The molecule has 0 amide bonds. The molecule has 1 radical (unpaired) electrons. The molecular weight excluding hydrogens is 386 g/mol. The molecule has 0 aromatic rings. The third kappa shape index (κ3) is 4.06. The van der Waals surface area contributed by atoms with E-state index in [1.54, 1.807) is 0 Å². The van der Waals surface area contributed by atoms with Gasteiger partial charge in [-0.1, -0.05) is 0 Å². The van der Waals surface area contributed by atoms with Gasteiger partial charge in [-0.2, -0.15) is 0 Å². The van der Waals surface area contributed by atoms with Crippen molar-refractivity contribution in [3.05, 3.63) is 95.7 Å². The van der Waals surface area contributed by atoms with Crippen LogP contribution in [0.15, 0.2) is 116 Å². The Balaban J connectivity index is 0.000000680. The van der Waals surface area contributed by atoms with E-state index in [0.29, 0.717) is 0 Å². The van der Waals surface area contributed by atoms with Gasteiger partial charge in [0.2, 0.25) is 0 Å². The van der Waals surface area contributed by atoms with Gasteiger partial charge in [-0.3, -0.25) is 0 Å². The number of nitrogens with zero attached hydrogens (tertiary/aromatic N) is 5. The van der Waals surface area contributed by atoms with E-state index in [4.69, 9.17) is 5.26 Å². The monoisotopic (exact) mass is 398 g/mol. The Labute approximate surface area is 167 Å². The van der Waals surface area contributed by atoms with Crippen molar-refractivity contribution in [1.29, 1.82) is 5.26 Å². The number of aliphatic imine (C=N–C) groups is 4. The van der Waals surface area contributed by atoms with Crippen LogP contribution in [0.2, 0.25) is 0 Å². The van der Waals surface area contributed by atoms with Crippen molar-refractivity contribution >= 4 is 22.8 Å². The summed E-state index contributed by atoms with van der Waals surface area (Å²) >= 11 is 0. The summed E-state index contributed by atoms with van der Waals surface area (Å²) in [5.74, 6) is 0. The fourth-order valence-corrected chi connectivity index (χ4v) is 2.83. The smallest absolute Gasteiger partial charge is 0.0659 e. The van der Waals surface area contributed by atoms with Crippen molar-refractivity contribution in [3.63, 3.8) is 0 Å². The normalized spacial score (nSPS) is 20.2. The van der Waals surface area contributed by atoms with Gasteiger partial charge in [0.25, 0.3) is 0 Å². The fraction of sp³-hybridized carbons (Fsp3) is 0. The van der Waals surface area contributed by atoms with Crippen LogP contribution in [0, 0.1) is 11.8 Å². The van der Waals surface area contributed by atoms with Crippen LogP contribution in [-0.2, 0) is 17.1 Å². The molecule has 5 rings (SSSR count). The van der Waals surface area contributed by atoms with Gasteiger partial charge in [-0.05, 0) is 72.9 Å². The molecule has 27 heavy (non-hydrogen) atoms. The maximum Gasteiger partial charge on any atom is 0.0659 e. The maximum absolute atomic E-state index is 6.50. The van der Waals surface area contributed by atoms with Crippen LogP contribution >= 0.6 is 0 Å². The summed E-state index contributed by atoms with van der Waals surface area (Å²) in [5, 5.41) is 6.50. The van der Waals surface area contributed by atoms with Crippen molar-refractivity contribution in [2.24, 2.45) is 20.0 Å². The average molecular weight is 399 g/mol. The first-order valence-corrected chi connectivity index (χ1v) is 8.00. The van der Waals surface area contributed by atoms with Gasteiger partial charge in [0.15, 0.2) is 0 Å². The van der Waals surface area contributed by atoms with Crippen LogP contribution in [0.4, 0.5) is 0 Å². The largest absolute Gasteiger partial charge is 0.249 e. The van der Waals surface area contributed by atoms with E-state index in [-0.39, 0.29) is 17.1 Å². The van der Waals surface area contributed by atoms with Gasteiger partial charge >= 0.3 is 0 Å². The summed E-state index contributed by atoms with van der Waals surface area (Å²) in [6.07, 6.45) is 23.8. The third-order valence-corrected chi connectivity index (χ3v) is 3.92. The number of hydrogen-bond donors (Lipinski definition) is 0. The molecule has 0 atom stereocenters. The third-order valence-electron chi connectivity index (χ3n) is 3.92. The molecular formula is C21H13CuN5. The first kappa shape index (κ1) is 18.4. The number of hydrogen-bond acceptors (Lipinski definition) is 5. The summed E-state index contributed by atoms with van der Waals surface area (Å²) in [6.45, 7) is 3.50. The molecule has 0 saturated heterocycles. The molecule has 8 bridgehead atoms. The summed E-state index contributed by atoms with van der Waals surface area (Å²) in [5.41, 5.74) is 7.15. The van der Waals surface area contributed by atoms with Crippen molar-refractivity contribution in [2.75, 3.05) is 0 Å². The van der Waals surface area contributed by atoms with Crippen molar-refractivity contribution in [2.45, 2.75) is 0 Å². The topological polar surface area (TPSA) is 73.2 Å². The predicted molar refractivity (Wildman–Crippen MR) is 105 cm³/mol. The minimum absolute atomic E-state index is 0.